The van der Waals surface area contributed by atoms with Crippen molar-refractivity contribution in [2.24, 2.45) is 5.92 Å². The maximum atomic E-state index is 13.1. The van der Waals surface area contributed by atoms with Crippen LogP contribution in [0, 0.1) is 21.8 Å². The lowest BCUT2D eigenvalue weighted by Crippen LogP contribution is -2.26. The van der Waals surface area contributed by atoms with Crippen LogP contribution in [0.4, 0.5) is 10.1 Å². The Kier molecular flexibility index (Phi) is 3.91. The van der Waals surface area contributed by atoms with Crippen LogP contribution in [0.15, 0.2) is 18.2 Å². The molecule has 1 saturated carbocycles. The van der Waals surface area contributed by atoms with Crippen LogP contribution in [0.1, 0.15) is 31.7 Å². The molecule has 1 atom stereocenters. The van der Waals surface area contributed by atoms with E-state index in [9.17, 15) is 14.5 Å². The molecule has 0 spiro atoms. The minimum Gasteiger partial charge on any atom is -0.310 e. The van der Waals surface area contributed by atoms with Crippen LogP contribution in [0.2, 0.25) is 0 Å². The third-order valence-corrected chi connectivity index (χ3v) is 3.26. The molecule has 18 heavy (non-hydrogen) atoms. The molecule has 0 aromatic heterocycles. The monoisotopic (exact) mass is 252 g/mol. The summed E-state index contributed by atoms with van der Waals surface area (Å²) < 4.78 is 13.1. The summed E-state index contributed by atoms with van der Waals surface area (Å²) in [5, 5.41) is 14.0. The summed E-state index contributed by atoms with van der Waals surface area (Å²) in [5.41, 5.74) is 0.380. The van der Waals surface area contributed by atoms with E-state index in [1.54, 1.807) is 0 Å². The molecule has 1 fully saturated rings. The van der Waals surface area contributed by atoms with Crippen molar-refractivity contribution in [3.8, 4) is 0 Å². The zero-order valence-corrected chi connectivity index (χ0v) is 10.4. The Balaban J connectivity index is 1.98. The van der Waals surface area contributed by atoms with E-state index in [2.05, 4.69) is 12.2 Å². The zero-order chi connectivity index (χ0) is 13.1. The van der Waals surface area contributed by atoms with Crippen molar-refractivity contribution in [3.05, 3.63) is 39.7 Å². The number of nitro benzene ring substituents is 1. The van der Waals surface area contributed by atoms with Gasteiger partial charge in [0.15, 0.2) is 0 Å². The number of nitrogens with one attached hydrogen (secondary N) is 1. The SMILES string of the molecule is CC(CC1CC1)NCc1cc(F)ccc1[N+](=O)[O-]. The summed E-state index contributed by atoms with van der Waals surface area (Å²) in [7, 11) is 0. The van der Waals surface area contributed by atoms with Gasteiger partial charge < -0.3 is 5.32 Å². The molecule has 2 rings (SSSR count). The van der Waals surface area contributed by atoms with E-state index in [4.69, 9.17) is 0 Å². The first-order chi connectivity index (χ1) is 8.56. The molecular weight excluding hydrogens is 235 g/mol. The Morgan fingerprint density at radius 3 is 2.89 bits per heavy atom. The summed E-state index contributed by atoms with van der Waals surface area (Å²) in [6.07, 6.45) is 3.65. The molecular formula is C13H17FN2O2. The molecule has 1 unspecified atom stereocenters. The first-order valence-corrected chi connectivity index (χ1v) is 6.22. The molecule has 1 aliphatic carbocycles. The third-order valence-electron chi connectivity index (χ3n) is 3.26. The van der Waals surface area contributed by atoms with Crippen LogP contribution in [-0.4, -0.2) is 11.0 Å². The highest BCUT2D eigenvalue weighted by atomic mass is 19.1. The number of benzene rings is 1. The fourth-order valence-electron chi connectivity index (χ4n) is 2.09. The van der Waals surface area contributed by atoms with Gasteiger partial charge in [-0.3, -0.25) is 10.1 Å². The van der Waals surface area contributed by atoms with Gasteiger partial charge in [0.25, 0.3) is 5.69 Å². The normalized spacial score (nSPS) is 16.6. The zero-order valence-electron chi connectivity index (χ0n) is 10.4. The van der Waals surface area contributed by atoms with Crippen LogP contribution < -0.4 is 5.32 Å². The molecule has 1 N–H and O–H groups in total. The maximum Gasteiger partial charge on any atom is 0.274 e. The fourth-order valence-corrected chi connectivity index (χ4v) is 2.09. The van der Waals surface area contributed by atoms with Crippen LogP contribution in [-0.2, 0) is 6.54 Å². The number of hydrogen-bond acceptors (Lipinski definition) is 3. The van der Waals surface area contributed by atoms with E-state index in [0.29, 0.717) is 18.2 Å². The second-order valence-electron chi connectivity index (χ2n) is 4.99. The van der Waals surface area contributed by atoms with Gasteiger partial charge in [-0.25, -0.2) is 4.39 Å². The van der Waals surface area contributed by atoms with Crippen molar-refractivity contribution >= 4 is 5.69 Å². The van der Waals surface area contributed by atoms with Gasteiger partial charge in [0.2, 0.25) is 0 Å². The Morgan fingerprint density at radius 2 is 2.28 bits per heavy atom. The second kappa shape index (κ2) is 5.44. The summed E-state index contributed by atoms with van der Waals surface area (Å²) in [6, 6.07) is 3.88. The lowest BCUT2D eigenvalue weighted by Gasteiger charge is -2.13. The molecule has 0 bridgehead atoms. The van der Waals surface area contributed by atoms with E-state index >= 15 is 0 Å². The number of hydrogen-bond donors (Lipinski definition) is 1. The minimum absolute atomic E-state index is 0.0254. The first-order valence-electron chi connectivity index (χ1n) is 6.22. The van der Waals surface area contributed by atoms with E-state index in [1.165, 1.54) is 25.0 Å². The highest BCUT2D eigenvalue weighted by molar-refractivity contribution is 5.40. The molecule has 0 amide bonds. The van der Waals surface area contributed by atoms with Gasteiger partial charge >= 0.3 is 0 Å². The average molecular weight is 252 g/mol. The molecule has 0 saturated heterocycles. The summed E-state index contributed by atoms with van der Waals surface area (Å²) >= 11 is 0. The topological polar surface area (TPSA) is 55.2 Å². The van der Waals surface area contributed by atoms with Gasteiger partial charge in [-0.2, -0.15) is 0 Å². The first kappa shape index (κ1) is 13.0. The van der Waals surface area contributed by atoms with Gasteiger partial charge in [-0.05, 0) is 31.4 Å². The van der Waals surface area contributed by atoms with Gasteiger partial charge in [0.05, 0.1) is 4.92 Å². The summed E-state index contributed by atoms with van der Waals surface area (Å²) in [4.78, 5) is 10.4. The van der Waals surface area contributed by atoms with Gasteiger partial charge in [-0.1, -0.05) is 12.8 Å². The molecule has 4 nitrogen and oxygen atoms in total. The lowest BCUT2D eigenvalue weighted by atomic mass is 10.1. The van der Waals surface area contributed by atoms with Crippen molar-refractivity contribution in [1.82, 2.24) is 5.32 Å². The predicted molar refractivity (Wildman–Crippen MR) is 66.7 cm³/mol. The Labute approximate surface area is 105 Å². The van der Waals surface area contributed by atoms with Crippen molar-refractivity contribution in [2.75, 3.05) is 0 Å². The molecule has 0 aliphatic heterocycles. The molecule has 0 heterocycles. The molecule has 0 radical (unpaired) electrons. The van der Waals surface area contributed by atoms with Crippen LogP contribution in [0.5, 0.6) is 0 Å². The number of halogens is 1. The largest absolute Gasteiger partial charge is 0.310 e. The van der Waals surface area contributed by atoms with Crippen molar-refractivity contribution in [3.63, 3.8) is 0 Å². The standard InChI is InChI=1S/C13H17FN2O2/c1-9(6-10-2-3-10)15-8-11-7-12(14)4-5-13(11)16(17)18/h4-5,7,9-10,15H,2-3,6,8H2,1H3. The second-order valence-corrected chi connectivity index (χ2v) is 4.99. The Bertz CT molecular complexity index is 447. The smallest absolute Gasteiger partial charge is 0.274 e. The molecule has 1 aromatic rings. The average Bonchev–Trinajstić information content (AvgIpc) is 3.10. The van der Waals surface area contributed by atoms with Crippen LogP contribution in [0.25, 0.3) is 0 Å². The lowest BCUT2D eigenvalue weighted by molar-refractivity contribution is -0.385. The Hall–Kier alpha value is -1.49. The van der Waals surface area contributed by atoms with E-state index in [0.717, 1.165) is 18.4 Å². The quantitative estimate of drug-likeness (QED) is 0.625. The molecule has 1 aliphatic rings. The Morgan fingerprint density at radius 1 is 1.56 bits per heavy atom. The van der Waals surface area contributed by atoms with Crippen molar-refractivity contribution in [1.29, 1.82) is 0 Å². The third kappa shape index (κ3) is 3.50. The maximum absolute atomic E-state index is 13.1. The number of nitrogens with zero attached hydrogens (tertiary/aromatic N) is 1. The van der Waals surface area contributed by atoms with Gasteiger partial charge in [0.1, 0.15) is 5.82 Å². The van der Waals surface area contributed by atoms with Gasteiger partial charge in [0, 0.05) is 24.2 Å². The minimum atomic E-state index is -0.470. The van der Waals surface area contributed by atoms with E-state index in [1.807, 2.05) is 0 Å². The van der Waals surface area contributed by atoms with E-state index in [-0.39, 0.29) is 5.69 Å². The van der Waals surface area contributed by atoms with Gasteiger partial charge in [-0.15, -0.1) is 0 Å². The highest BCUT2D eigenvalue weighted by Crippen LogP contribution is 2.33. The highest BCUT2D eigenvalue weighted by Gasteiger charge is 2.23. The number of nitro groups is 1. The predicted octanol–water partition coefficient (Wildman–Crippen LogP) is 3.01. The number of rotatable bonds is 6. The molecule has 98 valence electrons. The molecule has 1 aromatic carbocycles. The summed E-state index contributed by atoms with van der Waals surface area (Å²) in [5.74, 6) is 0.363. The van der Waals surface area contributed by atoms with Crippen LogP contribution in [0.3, 0.4) is 0 Å². The van der Waals surface area contributed by atoms with Crippen LogP contribution >= 0.6 is 0 Å². The fraction of sp³-hybridized carbons (Fsp3) is 0.538. The van der Waals surface area contributed by atoms with E-state index < -0.39 is 10.7 Å². The molecule has 5 heteroatoms. The van der Waals surface area contributed by atoms with Crippen molar-refractivity contribution < 1.29 is 9.31 Å². The summed E-state index contributed by atoms with van der Waals surface area (Å²) in [6.45, 7) is 2.39. The van der Waals surface area contributed by atoms with Crippen molar-refractivity contribution in [2.45, 2.75) is 38.8 Å².